The number of Topliss-reactive ketones (excluding diaryl/α,β-unsaturated/α-hetero) is 1. The molecule has 1 heterocycles. The van der Waals surface area contributed by atoms with E-state index in [1.54, 1.807) is 38.2 Å². The van der Waals surface area contributed by atoms with Crippen LogP contribution in [0.3, 0.4) is 0 Å². The highest BCUT2D eigenvalue weighted by molar-refractivity contribution is 5.97. The van der Waals surface area contributed by atoms with Gasteiger partial charge in [0.1, 0.15) is 12.2 Å². The molecule has 0 aliphatic carbocycles. The lowest BCUT2D eigenvalue weighted by Gasteiger charge is -2.16. The van der Waals surface area contributed by atoms with Crippen molar-refractivity contribution in [2.75, 3.05) is 12.4 Å². The summed E-state index contributed by atoms with van der Waals surface area (Å²) in [6, 6.07) is 5.06. The summed E-state index contributed by atoms with van der Waals surface area (Å²) < 4.78 is 19.1. The third-order valence-electron chi connectivity index (χ3n) is 4.04. The highest BCUT2D eigenvalue weighted by Crippen LogP contribution is 2.21. The summed E-state index contributed by atoms with van der Waals surface area (Å²) in [4.78, 5) is 24.2. The molecule has 0 bridgehead atoms. The van der Waals surface area contributed by atoms with Crippen LogP contribution in [0.1, 0.15) is 35.7 Å². The van der Waals surface area contributed by atoms with Gasteiger partial charge in [0.15, 0.2) is 5.83 Å². The zero-order valence-electron chi connectivity index (χ0n) is 14.6. The fourth-order valence-electron chi connectivity index (χ4n) is 2.49. The number of aliphatic hydroxyl groups excluding tert-OH is 2. The first-order valence-electron chi connectivity index (χ1n) is 8.28. The van der Waals surface area contributed by atoms with Crippen molar-refractivity contribution in [3.05, 3.63) is 47.3 Å². The highest BCUT2D eigenvalue weighted by atomic mass is 19.1. The minimum absolute atomic E-state index is 0.0358. The van der Waals surface area contributed by atoms with Crippen LogP contribution in [0.2, 0.25) is 0 Å². The molecule has 0 spiro atoms. The maximum atomic E-state index is 13.8. The number of carbonyl (C=O) groups excluding carboxylic acids is 2. The van der Waals surface area contributed by atoms with E-state index in [0.29, 0.717) is 11.1 Å². The lowest BCUT2D eigenvalue weighted by Crippen LogP contribution is -2.34. The Morgan fingerprint density at radius 1 is 1.23 bits per heavy atom. The van der Waals surface area contributed by atoms with Gasteiger partial charge in [-0.25, -0.2) is 9.18 Å². The number of ketones is 1. The third kappa shape index (κ3) is 4.77. The van der Waals surface area contributed by atoms with Crippen molar-refractivity contribution in [3.63, 3.8) is 0 Å². The Hall–Kier alpha value is -2.51. The molecule has 1 aliphatic rings. The van der Waals surface area contributed by atoms with E-state index in [0.717, 1.165) is 11.8 Å². The number of benzene rings is 1. The molecule has 1 aliphatic heterocycles. The molecule has 3 atom stereocenters. The van der Waals surface area contributed by atoms with Crippen LogP contribution in [0.25, 0.3) is 6.08 Å². The molecule has 1 aromatic rings. The number of cyclic esters (lactones) is 1. The predicted molar refractivity (Wildman–Crippen MR) is 95.3 cm³/mol. The molecule has 6 nitrogen and oxygen atoms in total. The van der Waals surface area contributed by atoms with Gasteiger partial charge < -0.3 is 20.3 Å². The number of aliphatic hydroxyl groups is 2. The molecule has 3 N–H and O–H groups in total. The molecule has 0 aromatic heterocycles. The van der Waals surface area contributed by atoms with Crippen LogP contribution in [0.15, 0.2) is 36.2 Å². The van der Waals surface area contributed by atoms with Crippen LogP contribution in [-0.4, -0.2) is 47.3 Å². The van der Waals surface area contributed by atoms with Crippen LogP contribution < -0.4 is 5.32 Å². The second-order valence-corrected chi connectivity index (χ2v) is 6.07. The van der Waals surface area contributed by atoms with Crippen molar-refractivity contribution in [3.8, 4) is 0 Å². The Morgan fingerprint density at radius 3 is 2.65 bits per heavy atom. The molecular formula is C19H22FNO5. The minimum Gasteiger partial charge on any atom is -0.459 e. The smallest absolute Gasteiger partial charge is 0.339 e. The molecule has 0 saturated heterocycles. The van der Waals surface area contributed by atoms with Crippen molar-refractivity contribution in [2.45, 2.75) is 38.1 Å². The zero-order valence-corrected chi connectivity index (χ0v) is 14.6. The number of hydrogen-bond donors (Lipinski definition) is 3. The summed E-state index contributed by atoms with van der Waals surface area (Å²) in [6.45, 7) is 1.57. The Bertz CT molecular complexity index is 743. The first-order chi connectivity index (χ1) is 12.3. The average Bonchev–Trinajstić information content (AvgIpc) is 2.63. The van der Waals surface area contributed by atoms with Gasteiger partial charge in [-0.3, -0.25) is 4.79 Å². The molecule has 0 radical (unpaired) electrons. The molecule has 0 fully saturated rings. The number of fused-ring (bicyclic) bond motifs is 1. The van der Waals surface area contributed by atoms with Crippen LogP contribution in [0.5, 0.6) is 0 Å². The van der Waals surface area contributed by atoms with Gasteiger partial charge in [-0.15, -0.1) is 0 Å². The monoisotopic (exact) mass is 363 g/mol. The molecule has 1 aromatic carbocycles. The van der Waals surface area contributed by atoms with E-state index in [1.807, 2.05) is 0 Å². The second-order valence-electron chi connectivity index (χ2n) is 6.07. The maximum absolute atomic E-state index is 13.8. The molecular weight excluding hydrogens is 341 g/mol. The highest BCUT2D eigenvalue weighted by Gasteiger charge is 2.27. The number of ether oxygens (including phenoxy) is 1. The Labute approximate surface area is 151 Å². The predicted octanol–water partition coefficient (Wildman–Crippen LogP) is 2.22. The van der Waals surface area contributed by atoms with E-state index >= 15 is 0 Å². The molecule has 0 amide bonds. The number of hydrogen-bond acceptors (Lipinski definition) is 6. The second kappa shape index (κ2) is 8.73. The van der Waals surface area contributed by atoms with Crippen molar-refractivity contribution in [1.82, 2.24) is 0 Å². The van der Waals surface area contributed by atoms with Gasteiger partial charge >= 0.3 is 5.97 Å². The van der Waals surface area contributed by atoms with Gasteiger partial charge in [0.25, 0.3) is 0 Å². The molecule has 0 saturated carbocycles. The first kappa shape index (κ1) is 19.8. The van der Waals surface area contributed by atoms with Crippen molar-refractivity contribution in [2.24, 2.45) is 0 Å². The van der Waals surface area contributed by atoms with Crippen molar-refractivity contribution >= 4 is 23.5 Å². The Morgan fingerprint density at radius 2 is 1.96 bits per heavy atom. The fourth-order valence-corrected chi connectivity index (χ4v) is 2.49. The van der Waals surface area contributed by atoms with E-state index in [1.165, 1.54) is 6.08 Å². The minimum atomic E-state index is -1.86. The van der Waals surface area contributed by atoms with E-state index in [9.17, 15) is 24.2 Å². The topological polar surface area (TPSA) is 95.9 Å². The quantitative estimate of drug-likeness (QED) is 0.662. The summed E-state index contributed by atoms with van der Waals surface area (Å²) in [7, 11) is 1.74. The molecule has 3 unspecified atom stereocenters. The number of halogens is 1. The van der Waals surface area contributed by atoms with E-state index in [2.05, 4.69) is 5.32 Å². The van der Waals surface area contributed by atoms with Gasteiger partial charge in [-0.1, -0.05) is 12.2 Å². The summed E-state index contributed by atoms with van der Waals surface area (Å²) in [6.07, 6.45) is -0.0824. The normalized spacial score (nSPS) is 28.2. The summed E-state index contributed by atoms with van der Waals surface area (Å²) in [5.74, 6) is -2.93. The zero-order chi connectivity index (χ0) is 19.3. The summed E-state index contributed by atoms with van der Waals surface area (Å²) >= 11 is 0. The largest absolute Gasteiger partial charge is 0.459 e. The Kier molecular flexibility index (Phi) is 6.65. The van der Waals surface area contributed by atoms with Gasteiger partial charge in [0.05, 0.1) is 11.7 Å². The summed E-state index contributed by atoms with van der Waals surface area (Å²) in [5.41, 5.74) is 1.65. The number of esters is 1. The standard InChI is InChI=1S/C19H22FNO5/c1-11-6-9-15(20)17(23)18(24)16(22)5-3-4-12-10-13(21-2)7-8-14(12)19(25)26-11/h3-4,7-11,16,18,21-22,24H,5-6H2,1-2H3/b4-3+,15-9+. The summed E-state index contributed by atoms with van der Waals surface area (Å²) in [5, 5.41) is 22.7. The lowest BCUT2D eigenvalue weighted by molar-refractivity contribution is -0.130. The molecule has 2 rings (SSSR count). The van der Waals surface area contributed by atoms with Gasteiger partial charge in [0.2, 0.25) is 5.78 Å². The first-order valence-corrected chi connectivity index (χ1v) is 8.28. The number of carbonyl (C=O) groups is 2. The van der Waals surface area contributed by atoms with Crippen molar-refractivity contribution < 1.29 is 28.9 Å². The average molecular weight is 363 g/mol. The van der Waals surface area contributed by atoms with Gasteiger partial charge in [0, 0.05) is 19.2 Å². The van der Waals surface area contributed by atoms with Crippen LogP contribution in [0.4, 0.5) is 10.1 Å². The number of rotatable bonds is 1. The lowest BCUT2D eigenvalue weighted by atomic mass is 10.0. The van der Waals surface area contributed by atoms with Crippen LogP contribution in [-0.2, 0) is 9.53 Å². The van der Waals surface area contributed by atoms with Gasteiger partial charge in [-0.2, -0.15) is 0 Å². The molecule has 26 heavy (non-hydrogen) atoms. The van der Waals surface area contributed by atoms with Crippen LogP contribution in [0, 0.1) is 0 Å². The third-order valence-corrected chi connectivity index (χ3v) is 4.04. The van der Waals surface area contributed by atoms with Crippen LogP contribution >= 0.6 is 0 Å². The van der Waals surface area contributed by atoms with Crippen molar-refractivity contribution in [1.29, 1.82) is 0 Å². The Balaban J connectivity index is 2.41. The number of nitrogens with one attached hydrogen (secondary N) is 1. The maximum Gasteiger partial charge on any atom is 0.339 e. The fraction of sp³-hybridized carbons (Fsp3) is 0.368. The van der Waals surface area contributed by atoms with E-state index < -0.39 is 35.9 Å². The molecule has 7 heteroatoms. The SMILES string of the molecule is CNc1ccc2c(c1)/C=C/CC(O)C(O)C(=O)/C(F)=C\CC(C)OC2=O. The number of anilines is 1. The van der Waals surface area contributed by atoms with E-state index in [-0.39, 0.29) is 12.8 Å². The molecule has 140 valence electrons. The van der Waals surface area contributed by atoms with E-state index in [4.69, 9.17) is 4.74 Å². The van der Waals surface area contributed by atoms with Gasteiger partial charge in [-0.05, 0) is 43.2 Å².